The second-order valence-electron chi connectivity index (χ2n) is 4.76. The number of hydrogen-bond acceptors (Lipinski definition) is 2. The van der Waals surface area contributed by atoms with E-state index in [1.807, 2.05) is 23.8 Å². The third-order valence-corrected chi connectivity index (χ3v) is 3.77. The number of aromatic nitrogens is 4. The summed E-state index contributed by atoms with van der Waals surface area (Å²) in [6.45, 7) is 3.09. The standard InChI is InChI=1S/C14H13Cl2FN4/c1-9(15)14-19-12-7-10(16)11(17)8-13(12)21(14)6-5-20-4-2-3-18-20/h2-4,7-9H,5-6H2,1H3. The zero-order valence-corrected chi connectivity index (χ0v) is 12.8. The lowest BCUT2D eigenvalue weighted by atomic mass is 10.3. The third-order valence-electron chi connectivity index (χ3n) is 3.29. The van der Waals surface area contributed by atoms with Gasteiger partial charge in [-0.15, -0.1) is 11.6 Å². The van der Waals surface area contributed by atoms with Crippen LogP contribution in [0.1, 0.15) is 18.1 Å². The Morgan fingerprint density at radius 1 is 1.33 bits per heavy atom. The second-order valence-corrected chi connectivity index (χ2v) is 5.82. The molecule has 4 nitrogen and oxygen atoms in total. The van der Waals surface area contributed by atoms with Crippen molar-refractivity contribution in [3.63, 3.8) is 0 Å². The number of aryl methyl sites for hydroxylation is 2. The van der Waals surface area contributed by atoms with Crippen LogP contribution in [0.5, 0.6) is 0 Å². The highest BCUT2D eigenvalue weighted by Crippen LogP contribution is 2.28. The van der Waals surface area contributed by atoms with Gasteiger partial charge >= 0.3 is 0 Å². The molecule has 2 aromatic heterocycles. The first-order valence-corrected chi connectivity index (χ1v) is 7.34. The summed E-state index contributed by atoms with van der Waals surface area (Å²) in [6, 6.07) is 4.78. The maximum Gasteiger partial charge on any atom is 0.144 e. The van der Waals surface area contributed by atoms with E-state index in [0.717, 1.165) is 0 Å². The van der Waals surface area contributed by atoms with Gasteiger partial charge in [0.25, 0.3) is 0 Å². The number of halogens is 3. The average Bonchev–Trinajstić information content (AvgIpc) is 3.05. The van der Waals surface area contributed by atoms with Crippen LogP contribution in [-0.4, -0.2) is 19.3 Å². The van der Waals surface area contributed by atoms with Crippen LogP contribution in [0.3, 0.4) is 0 Å². The third kappa shape index (κ3) is 2.76. The lowest BCUT2D eigenvalue weighted by molar-refractivity contribution is 0.527. The minimum absolute atomic E-state index is 0.0630. The highest BCUT2D eigenvalue weighted by molar-refractivity contribution is 6.31. The zero-order chi connectivity index (χ0) is 15.0. The number of nitrogens with zero attached hydrogens (tertiary/aromatic N) is 4. The molecule has 21 heavy (non-hydrogen) atoms. The highest BCUT2D eigenvalue weighted by atomic mass is 35.5. The molecule has 0 N–H and O–H groups in total. The van der Waals surface area contributed by atoms with E-state index < -0.39 is 5.82 Å². The maximum absolute atomic E-state index is 13.7. The van der Waals surface area contributed by atoms with Gasteiger partial charge < -0.3 is 4.57 Å². The summed E-state index contributed by atoms with van der Waals surface area (Å²) in [7, 11) is 0. The van der Waals surface area contributed by atoms with Crippen molar-refractivity contribution in [2.24, 2.45) is 0 Å². The molecule has 110 valence electrons. The van der Waals surface area contributed by atoms with E-state index in [-0.39, 0.29) is 10.4 Å². The Morgan fingerprint density at radius 2 is 2.14 bits per heavy atom. The molecule has 0 fully saturated rings. The van der Waals surface area contributed by atoms with Gasteiger partial charge in [0.1, 0.15) is 11.6 Å². The molecular formula is C14H13Cl2FN4. The SMILES string of the molecule is CC(Cl)c1nc2cc(Cl)c(F)cc2n1CCn1cccn1. The van der Waals surface area contributed by atoms with E-state index in [4.69, 9.17) is 23.2 Å². The fourth-order valence-corrected chi connectivity index (χ4v) is 2.64. The molecule has 0 bridgehead atoms. The number of fused-ring (bicyclic) bond motifs is 1. The van der Waals surface area contributed by atoms with Crippen LogP contribution < -0.4 is 0 Å². The Bertz CT molecular complexity index is 765. The molecule has 0 aliphatic rings. The molecule has 1 aromatic carbocycles. The Kier molecular flexibility index (Phi) is 3.87. The van der Waals surface area contributed by atoms with Gasteiger partial charge in [-0.05, 0) is 19.1 Å². The van der Waals surface area contributed by atoms with E-state index in [1.165, 1.54) is 12.1 Å². The molecule has 0 saturated heterocycles. The van der Waals surface area contributed by atoms with E-state index >= 15 is 0 Å². The number of benzene rings is 1. The quantitative estimate of drug-likeness (QED) is 0.679. The van der Waals surface area contributed by atoms with Crippen molar-refractivity contribution in [1.29, 1.82) is 0 Å². The molecule has 3 aromatic rings. The summed E-state index contributed by atoms with van der Waals surface area (Å²) in [5.41, 5.74) is 1.33. The largest absolute Gasteiger partial charge is 0.325 e. The zero-order valence-electron chi connectivity index (χ0n) is 11.3. The molecule has 0 amide bonds. The minimum atomic E-state index is -0.460. The molecule has 7 heteroatoms. The molecule has 2 heterocycles. The van der Waals surface area contributed by atoms with Crippen molar-refractivity contribution in [1.82, 2.24) is 19.3 Å². The molecule has 0 saturated carbocycles. The summed E-state index contributed by atoms with van der Waals surface area (Å²) < 4.78 is 17.4. The van der Waals surface area contributed by atoms with Crippen molar-refractivity contribution < 1.29 is 4.39 Å². The van der Waals surface area contributed by atoms with Crippen LogP contribution in [0.2, 0.25) is 5.02 Å². The highest BCUT2D eigenvalue weighted by Gasteiger charge is 2.16. The van der Waals surface area contributed by atoms with Crippen LogP contribution in [0.25, 0.3) is 11.0 Å². The lowest BCUT2D eigenvalue weighted by Crippen LogP contribution is -2.11. The molecule has 0 aliphatic carbocycles. The van der Waals surface area contributed by atoms with Gasteiger partial charge in [0, 0.05) is 25.0 Å². The summed E-state index contributed by atoms with van der Waals surface area (Å²) in [4.78, 5) is 4.46. The Hall–Kier alpha value is -1.59. The maximum atomic E-state index is 13.7. The van der Waals surface area contributed by atoms with Crippen LogP contribution in [-0.2, 0) is 13.1 Å². The minimum Gasteiger partial charge on any atom is -0.325 e. The van der Waals surface area contributed by atoms with Crippen LogP contribution in [0.4, 0.5) is 4.39 Å². The fraction of sp³-hybridized carbons (Fsp3) is 0.286. The first-order valence-electron chi connectivity index (χ1n) is 6.53. The van der Waals surface area contributed by atoms with Crippen molar-refractivity contribution in [3.05, 3.63) is 47.3 Å². The van der Waals surface area contributed by atoms with E-state index in [0.29, 0.717) is 29.9 Å². The number of imidazole rings is 1. The van der Waals surface area contributed by atoms with Crippen LogP contribution in [0, 0.1) is 5.82 Å². The molecule has 3 rings (SSSR count). The predicted molar refractivity (Wildman–Crippen MR) is 81.2 cm³/mol. The Labute approximate surface area is 131 Å². The summed E-state index contributed by atoms with van der Waals surface area (Å²) in [5.74, 6) is 0.235. The number of alkyl halides is 1. The predicted octanol–water partition coefficient (Wildman–Crippen LogP) is 4.03. The summed E-state index contributed by atoms with van der Waals surface area (Å²) in [6.07, 6.45) is 3.59. The van der Waals surface area contributed by atoms with Crippen molar-refractivity contribution in [3.8, 4) is 0 Å². The number of rotatable bonds is 4. The van der Waals surface area contributed by atoms with Gasteiger partial charge in [-0.1, -0.05) is 11.6 Å². The molecule has 0 aliphatic heterocycles. The molecule has 0 radical (unpaired) electrons. The smallest absolute Gasteiger partial charge is 0.144 e. The number of hydrogen-bond donors (Lipinski definition) is 0. The average molecular weight is 327 g/mol. The summed E-state index contributed by atoms with van der Waals surface area (Å²) in [5, 5.41) is 3.94. The molecule has 0 spiro atoms. The van der Waals surface area contributed by atoms with Gasteiger partial charge in [0.2, 0.25) is 0 Å². The fourth-order valence-electron chi connectivity index (χ4n) is 2.31. The van der Waals surface area contributed by atoms with Gasteiger partial charge in [-0.3, -0.25) is 4.68 Å². The van der Waals surface area contributed by atoms with E-state index in [1.54, 1.807) is 10.9 Å². The van der Waals surface area contributed by atoms with E-state index in [2.05, 4.69) is 10.1 Å². The van der Waals surface area contributed by atoms with E-state index in [9.17, 15) is 4.39 Å². The van der Waals surface area contributed by atoms with Gasteiger partial charge in [0.05, 0.1) is 28.0 Å². The van der Waals surface area contributed by atoms with Gasteiger partial charge in [-0.25, -0.2) is 9.37 Å². The Morgan fingerprint density at radius 3 is 2.81 bits per heavy atom. The van der Waals surface area contributed by atoms with Crippen molar-refractivity contribution in [2.75, 3.05) is 0 Å². The normalized spacial score (nSPS) is 13.0. The first kappa shape index (κ1) is 14.4. The molecular weight excluding hydrogens is 314 g/mol. The Balaban J connectivity index is 2.04. The van der Waals surface area contributed by atoms with Crippen molar-refractivity contribution in [2.45, 2.75) is 25.4 Å². The van der Waals surface area contributed by atoms with Crippen LogP contribution in [0.15, 0.2) is 30.6 Å². The topological polar surface area (TPSA) is 35.6 Å². The monoisotopic (exact) mass is 326 g/mol. The van der Waals surface area contributed by atoms with Gasteiger partial charge in [0.15, 0.2) is 0 Å². The molecule has 1 atom stereocenters. The lowest BCUT2D eigenvalue weighted by Gasteiger charge is -2.10. The van der Waals surface area contributed by atoms with Crippen molar-refractivity contribution >= 4 is 34.2 Å². The summed E-state index contributed by atoms with van der Waals surface area (Å²) >= 11 is 12.0. The second kappa shape index (κ2) is 5.66. The first-order chi connectivity index (χ1) is 10.1. The molecule has 1 unspecified atom stereocenters. The van der Waals surface area contributed by atoms with Crippen LogP contribution >= 0.6 is 23.2 Å². The van der Waals surface area contributed by atoms with Gasteiger partial charge in [-0.2, -0.15) is 5.10 Å².